The van der Waals surface area contributed by atoms with Crippen molar-refractivity contribution >= 4 is 28.1 Å². The molecular weight excluding hydrogens is 388 g/mol. The first-order valence-corrected chi connectivity index (χ1v) is 8.58. The molecule has 0 spiro atoms. The van der Waals surface area contributed by atoms with E-state index in [9.17, 15) is 4.79 Å². The summed E-state index contributed by atoms with van der Waals surface area (Å²) in [7, 11) is 0. The van der Waals surface area contributed by atoms with Gasteiger partial charge >= 0.3 is 0 Å². The minimum atomic E-state index is -0.337. The number of amides is 1. The predicted molar refractivity (Wildman–Crippen MR) is 97.3 cm³/mol. The molecule has 0 radical (unpaired) electrons. The van der Waals surface area contributed by atoms with Crippen LogP contribution >= 0.6 is 15.9 Å². The van der Waals surface area contributed by atoms with Gasteiger partial charge in [0.1, 0.15) is 5.75 Å². The summed E-state index contributed by atoms with van der Waals surface area (Å²) in [5.41, 5.74) is 4.42. The Morgan fingerprint density at radius 1 is 1.32 bits per heavy atom. The van der Waals surface area contributed by atoms with E-state index in [-0.39, 0.29) is 19.3 Å². The second-order valence-electron chi connectivity index (χ2n) is 5.32. The number of fused-ring (bicyclic) bond motifs is 1. The summed E-state index contributed by atoms with van der Waals surface area (Å²) < 4.78 is 16.8. The Bertz CT molecular complexity index is 790. The molecule has 1 aliphatic rings. The fourth-order valence-electron chi connectivity index (χ4n) is 2.24. The van der Waals surface area contributed by atoms with Gasteiger partial charge in [-0.1, -0.05) is 19.1 Å². The van der Waals surface area contributed by atoms with Crippen molar-refractivity contribution in [3.05, 3.63) is 52.0 Å². The molecule has 3 rings (SSSR count). The van der Waals surface area contributed by atoms with Crippen molar-refractivity contribution in [1.82, 2.24) is 5.43 Å². The second-order valence-corrected chi connectivity index (χ2v) is 6.17. The number of aryl methyl sites for hydroxylation is 1. The summed E-state index contributed by atoms with van der Waals surface area (Å²) in [6.07, 6.45) is 2.49. The third-order valence-electron chi connectivity index (χ3n) is 3.55. The zero-order valence-corrected chi connectivity index (χ0v) is 15.2. The predicted octanol–water partition coefficient (Wildman–Crippen LogP) is 3.27. The summed E-state index contributed by atoms with van der Waals surface area (Å²) in [6, 6.07) is 11.3. The Balaban J connectivity index is 1.50. The normalized spacial score (nSPS) is 12.4. The van der Waals surface area contributed by atoms with Crippen LogP contribution in [-0.2, 0) is 11.2 Å². The van der Waals surface area contributed by atoms with E-state index in [2.05, 4.69) is 33.4 Å². The zero-order chi connectivity index (χ0) is 17.6. The molecule has 130 valence electrons. The van der Waals surface area contributed by atoms with Crippen LogP contribution in [0.15, 0.2) is 46.0 Å². The maximum absolute atomic E-state index is 11.8. The number of benzene rings is 2. The smallest absolute Gasteiger partial charge is 0.277 e. The Labute approximate surface area is 153 Å². The lowest BCUT2D eigenvalue weighted by Gasteiger charge is -2.05. The summed E-state index contributed by atoms with van der Waals surface area (Å²) in [6.45, 7) is 2.18. The Morgan fingerprint density at radius 3 is 2.88 bits per heavy atom. The number of nitrogens with zero attached hydrogens (tertiary/aromatic N) is 1. The molecule has 0 saturated carbocycles. The fourth-order valence-corrected chi connectivity index (χ4v) is 2.82. The molecule has 2 aromatic carbocycles. The summed E-state index contributed by atoms with van der Waals surface area (Å²) in [5, 5.41) is 3.93. The van der Waals surface area contributed by atoms with Gasteiger partial charge in [0.15, 0.2) is 18.1 Å². The highest BCUT2D eigenvalue weighted by Gasteiger charge is 2.17. The van der Waals surface area contributed by atoms with Crippen LogP contribution in [0.2, 0.25) is 0 Å². The minimum absolute atomic E-state index is 0.104. The molecule has 6 nitrogen and oxygen atoms in total. The number of hydrazone groups is 1. The Hall–Kier alpha value is -2.54. The van der Waals surface area contributed by atoms with Crippen molar-refractivity contribution in [2.45, 2.75) is 13.3 Å². The zero-order valence-electron chi connectivity index (χ0n) is 13.6. The van der Waals surface area contributed by atoms with E-state index in [1.807, 2.05) is 30.3 Å². The number of halogens is 1. The molecule has 0 aliphatic carbocycles. The van der Waals surface area contributed by atoms with E-state index in [0.29, 0.717) is 17.2 Å². The van der Waals surface area contributed by atoms with Gasteiger partial charge in [0.05, 0.1) is 10.7 Å². The van der Waals surface area contributed by atoms with Crippen LogP contribution < -0.4 is 19.6 Å². The summed E-state index contributed by atoms with van der Waals surface area (Å²) in [4.78, 5) is 11.8. The van der Waals surface area contributed by atoms with E-state index in [1.54, 1.807) is 6.07 Å². The van der Waals surface area contributed by atoms with Crippen LogP contribution in [0, 0.1) is 0 Å². The lowest BCUT2D eigenvalue weighted by atomic mass is 10.2. The minimum Gasteiger partial charge on any atom is -0.484 e. The fraction of sp³-hybridized carbons (Fsp3) is 0.222. The first-order chi connectivity index (χ1) is 12.2. The average Bonchev–Trinajstić information content (AvgIpc) is 3.09. The van der Waals surface area contributed by atoms with Gasteiger partial charge in [-0.3, -0.25) is 4.79 Å². The standard InChI is InChI=1S/C18H17BrN2O4/c1-2-12-3-5-14(6-4-12)23-10-17(22)21-20-9-13-7-15(19)18-16(8-13)24-11-25-18/h3-9H,2,10-11H2,1H3,(H,21,22)/b20-9-. The molecule has 0 saturated heterocycles. The topological polar surface area (TPSA) is 69.2 Å². The average molecular weight is 405 g/mol. The van der Waals surface area contributed by atoms with E-state index in [0.717, 1.165) is 16.5 Å². The lowest BCUT2D eigenvalue weighted by Crippen LogP contribution is -2.24. The monoisotopic (exact) mass is 404 g/mol. The molecule has 7 heteroatoms. The summed E-state index contributed by atoms with van der Waals surface area (Å²) >= 11 is 3.41. The molecule has 1 amide bonds. The first kappa shape index (κ1) is 17.3. The number of carbonyl (C=O) groups excluding carboxylic acids is 1. The molecule has 2 aromatic rings. The maximum Gasteiger partial charge on any atom is 0.277 e. The van der Waals surface area contributed by atoms with Gasteiger partial charge in [-0.25, -0.2) is 5.43 Å². The van der Waals surface area contributed by atoms with Crippen LogP contribution in [0.3, 0.4) is 0 Å². The van der Waals surface area contributed by atoms with Crippen molar-refractivity contribution in [1.29, 1.82) is 0 Å². The third kappa shape index (κ3) is 4.51. The molecule has 25 heavy (non-hydrogen) atoms. The maximum atomic E-state index is 11.8. The van der Waals surface area contributed by atoms with Crippen molar-refractivity contribution in [3.63, 3.8) is 0 Å². The third-order valence-corrected chi connectivity index (χ3v) is 4.14. The highest BCUT2D eigenvalue weighted by molar-refractivity contribution is 9.10. The molecule has 1 aliphatic heterocycles. The van der Waals surface area contributed by atoms with Crippen molar-refractivity contribution in [2.75, 3.05) is 13.4 Å². The number of carbonyl (C=O) groups is 1. The second kappa shape index (κ2) is 8.02. The van der Waals surface area contributed by atoms with E-state index in [4.69, 9.17) is 14.2 Å². The molecule has 0 unspecified atom stereocenters. The van der Waals surface area contributed by atoms with Gasteiger partial charge in [-0.15, -0.1) is 0 Å². The quantitative estimate of drug-likeness (QED) is 0.592. The molecule has 1 N–H and O–H groups in total. The number of rotatable bonds is 6. The largest absolute Gasteiger partial charge is 0.484 e. The van der Waals surface area contributed by atoms with Gasteiger partial charge in [0.2, 0.25) is 6.79 Å². The van der Waals surface area contributed by atoms with Crippen LogP contribution in [0.25, 0.3) is 0 Å². The van der Waals surface area contributed by atoms with E-state index >= 15 is 0 Å². The molecule has 1 heterocycles. The number of ether oxygens (including phenoxy) is 3. The van der Waals surface area contributed by atoms with Gasteiger partial charge < -0.3 is 14.2 Å². The van der Waals surface area contributed by atoms with Crippen LogP contribution in [0.1, 0.15) is 18.1 Å². The van der Waals surface area contributed by atoms with Crippen LogP contribution in [0.5, 0.6) is 17.2 Å². The Morgan fingerprint density at radius 2 is 2.12 bits per heavy atom. The first-order valence-electron chi connectivity index (χ1n) is 7.78. The van der Waals surface area contributed by atoms with Gasteiger partial charge in [-0.2, -0.15) is 5.10 Å². The Kier molecular flexibility index (Phi) is 5.55. The van der Waals surface area contributed by atoms with Gasteiger partial charge in [0, 0.05) is 0 Å². The molecule has 0 atom stereocenters. The SMILES string of the molecule is CCc1ccc(OCC(=O)N/N=C\c2cc(Br)c3c(c2)OCO3)cc1. The highest BCUT2D eigenvalue weighted by atomic mass is 79.9. The molecule has 0 fully saturated rings. The number of nitrogens with one attached hydrogen (secondary N) is 1. The lowest BCUT2D eigenvalue weighted by molar-refractivity contribution is -0.123. The van der Waals surface area contributed by atoms with Crippen molar-refractivity contribution in [3.8, 4) is 17.2 Å². The molecule has 0 aromatic heterocycles. The van der Waals surface area contributed by atoms with E-state index < -0.39 is 0 Å². The van der Waals surface area contributed by atoms with Crippen LogP contribution in [0.4, 0.5) is 0 Å². The molecular formula is C18H17BrN2O4. The molecule has 0 bridgehead atoms. The van der Waals surface area contributed by atoms with E-state index in [1.165, 1.54) is 11.8 Å². The summed E-state index contributed by atoms with van der Waals surface area (Å²) in [5.74, 6) is 1.62. The van der Waals surface area contributed by atoms with Gasteiger partial charge in [0.25, 0.3) is 5.91 Å². The van der Waals surface area contributed by atoms with Crippen molar-refractivity contribution in [2.24, 2.45) is 5.10 Å². The van der Waals surface area contributed by atoms with Gasteiger partial charge in [-0.05, 0) is 57.7 Å². The number of hydrogen-bond donors (Lipinski definition) is 1. The number of hydrogen-bond acceptors (Lipinski definition) is 5. The van der Waals surface area contributed by atoms with Crippen LogP contribution in [-0.4, -0.2) is 25.5 Å². The highest BCUT2D eigenvalue weighted by Crippen LogP contribution is 2.39. The van der Waals surface area contributed by atoms with Crippen molar-refractivity contribution < 1.29 is 19.0 Å².